The quantitative estimate of drug-likeness (QED) is 0.439. The van der Waals surface area contributed by atoms with Crippen LogP contribution in [0.25, 0.3) is 5.69 Å². The number of anilines is 1. The maximum Gasteiger partial charge on any atom is 0.320 e. The third-order valence-corrected chi connectivity index (χ3v) is 7.48. The van der Waals surface area contributed by atoms with Crippen LogP contribution in [0.2, 0.25) is 0 Å². The Balaban J connectivity index is 1.35. The predicted molar refractivity (Wildman–Crippen MR) is 146 cm³/mol. The summed E-state index contributed by atoms with van der Waals surface area (Å²) in [6.07, 6.45) is -0.151. The Morgan fingerprint density at radius 1 is 1.13 bits per heavy atom. The van der Waals surface area contributed by atoms with Gasteiger partial charge in [0.2, 0.25) is 5.88 Å². The first-order valence-electron chi connectivity index (χ1n) is 13.3. The molecule has 2 unspecified atom stereocenters. The molecule has 1 fully saturated rings. The van der Waals surface area contributed by atoms with E-state index in [1.807, 2.05) is 55.5 Å². The summed E-state index contributed by atoms with van der Waals surface area (Å²) in [5.74, 6) is 0.996. The molecule has 38 heavy (non-hydrogen) atoms. The van der Waals surface area contributed by atoms with Crippen LogP contribution in [0.4, 0.5) is 10.6 Å². The van der Waals surface area contributed by atoms with Crippen LogP contribution in [0.3, 0.4) is 0 Å². The number of ether oxygens (including phenoxy) is 2. The van der Waals surface area contributed by atoms with Crippen molar-refractivity contribution in [2.24, 2.45) is 0 Å². The van der Waals surface area contributed by atoms with Crippen molar-refractivity contribution in [1.82, 2.24) is 20.0 Å². The molecule has 0 spiro atoms. The monoisotopic (exact) mass is 519 g/mol. The Kier molecular flexibility index (Phi) is 7.69. The van der Waals surface area contributed by atoms with E-state index < -0.39 is 18.2 Å². The smallest absolute Gasteiger partial charge is 0.320 e. The minimum Gasteiger partial charge on any atom is -0.475 e. The second-order valence-electron chi connectivity index (χ2n) is 10.6. The highest BCUT2D eigenvalue weighted by Crippen LogP contribution is 2.41. The highest BCUT2D eigenvalue weighted by molar-refractivity contribution is 5.90. The van der Waals surface area contributed by atoms with Crippen molar-refractivity contribution in [3.8, 4) is 11.6 Å². The number of carbonyl (C=O) groups excluding carboxylic acids is 1. The largest absolute Gasteiger partial charge is 0.475 e. The van der Waals surface area contributed by atoms with Crippen LogP contribution in [-0.2, 0) is 10.2 Å². The van der Waals surface area contributed by atoms with Gasteiger partial charge in [0.25, 0.3) is 0 Å². The van der Waals surface area contributed by atoms with Crippen LogP contribution in [0.15, 0.2) is 54.6 Å². The molecule has 1 aliphatic heterocycles. The number of nitrogens with zero attached hydrogens (tertiary/aromatic N) is 3. The van der Waals surface area contributed by atoms with Gasteiger partial charge < -0.3 is 19.9 Å². The average Bonchev–Trinajstić information content (AvgIpc) is 3.22. The molecular weight excluding hydrogens is 482 g/mol. The molecule has 2 aromatic carbocycles. The fraction of sp³-hybridized carbons (Fsp3) is 0.448. The molecule has 2 heterocycles. The van der Waals surface area contributed by atoms with Crippen LogP contribution in [-0.4, -0.2) is 71.4 Å². The normalized spacial score (nSPS) is 20.9. The molecule has 3 N–H and O–H groups in total. The first-order valence-corrected chi connectivity index (χ1v) is 13.3. The van der Waals surface area contributed by atoms with E-state index in [1.54, 1.807) is 4.68 Å². The van der Waals surface area contributed by atoms with Gasteiger partial charge >= 0.3 is 6.03 Å². The zero-order valence-corrected chi connectivity index (χ0v) is 22.3. The number of amides is 2. The summed E-state index contributed by atoms with van der Waals surface area (Å²) in [5.41, 5.74) is 3.43. The Morgan fingerprint density at radius 2 is 1.84 bits per heavy atom. The number of fused-ring (bicyclic) bond motifs is 1. The number of para-hydroxylation sites is 1. The number of aliphatic hydroxyl groups is 1. The average molecular weight is 520 g/mol. The van der Waals surface area contributed by atoms with E-state index in [0.717, 1.165) is 55.2 Å². The molecule has 0 saturated carbocycles. The van der Waals surface area contributed by atoms with E-state index in [2.05, 4.69) is 35.4 Å². The van der Waals surface area contributed by atoms with E-state index in [0.29, 0.717) is 24.7 Å². The van der Waals surface area contributed by atoms with Gasteiger partial charge in [-0.1, -0.05) is 56.3 Å². The highest BCUT2D eigenvalue weighted by Gasteiger charge is 2.39. The van der Waals surface area contributed by atoms with Crippen LogP contribution in [0.1, 0.15) is 43.0 Å². The minimum atomic E-state index is -0.704. The van der Waals surface area contributed by atoms with Crippen molar-refractivity contribution < 1.29 is 19.4 Å². The number of nitrogens with one attached hydrogen (secondary N) is 2. The third-order valence-electron chi connectivity index (χ3n) is 7.48. The molecule has 9 heteroatoms. The number of morpholine rings is 1. The number of aromatic nitrogens is 2. The first kappa shape index (κ1) is 26.2. The van der Waals surface area contributed by atoms with Gasteiger partial charge in [-0.25, -0.2) is 9.48 Å². The molecule has 1 saturated heterocycles. The van der Waals surface area contributed by atoms with Gasteiger partial charge in [-0.05, 0) is 42.0 Å². The van der Waals surface area contributed by atoms with Crippen LogP contribution in [0.5, 0.6) is 5.88 Å². The molecule has 1 aliphatic carbocycles. The summed E-state index contributed by atoms with van der Waals surface area (Å²) >= 11 is 0. The summed E-state index contributed by atoms with van der Waals surface area (Å²) in [5, 5.41) is 21.7. The third kappa shape index (κ3) is 5.55. The van der Waals surface area contributed by atoms with Gasteiger partial charge in [0.1, 0.15) is 12.4 Å². The highest BCUT2D eigenvalue weighted by atomic mass is 16.5. The first-order chi connectivity index (χ1) is 18.3. The van der Waals surface area contributed by atoms with Gasteiger partial charge in [-0.15, -0.1) is 5.10 Å². The summed E-state index contributed by atoms with van der Waals surface area (Å²) < 4.78 is 13.2. The van der Waals surface area contributed by atoms with Gasteiger partial charge in [-0.2, -0.15) is 0 Å². The van der Waals surface area contributed by atoms with E-state index in [4.69, 9.17) is 14.6 Å². The van der Waals surface area contributed by atoms with Gasteiger partial charge in [0, 0.05) is 19.6 Å². The van der Waals surface area contributed by atoms with Crippen molar-refractivity contribution >= 4 is 11.8 Å². The van der Waals surface area contributed by atoms with Crippen molar-refractivity contribution in [3.05, 3.63) is 71.3 Å². The Hall–Kier alpha value is -3.40. The Morgan fingerprint density at radius 3 is 2.61 bits per heavy atom. The maximum absolute atomic E-state index is 13.3. The fourth-order valence-electron chi connectivity index (χ4n) is 5.41. The van der Waals surface area contributed by atoms with Gasteiger partial charge in [0.05, 0.1) is 36.6 Å². The molecule has 0 bridgehead atoms. The minimum absolute atomic E-state index is 0.180. The molecular formula is C29H37N5O4. The van der Waals surface area contributed by atoms with Crippen molar-refractivity contribution in [2.75, 3.05) is 44.8 Å². The number of rotatable bonds is 7. The predicted octanol–water partition coefficient (Wildman–Crippen LogP) is 3.80. The second kappa shape index (κ2) is 11.1. The number of benzene rings is 2. The summed E-state index contributed by atoms with van der Waals surface area (Å²) in [7, 11) is 0. The topological polar surface area (TPSA) is 101 Å². The SMILES string of the molecule is Cc1c(OCCN2CCOCC2)nn(-c2ccccc2)c1NC(=O)NC1c2ccccc2C(C)(C)CC1O. The fourth-order valence-corrected chi connectivity index (χ4v) is 5.41. The number of hydrogen-bond donors (Lipinski definition) is 3. The molecule has 2 aliphatic rings. The molecule has 2 atom stereocenters. The van der Waals surface area contributed by atoms with Crippen molar-refractivity contribution in [3.63, 3.8) is 0 Å². The lowest BCUT2D eigenvalue weighted by Gasteiger charge is -2.40. The van der Waals surface area contributed by atoms with Crippen molar-refractivity contribution in [1.29, 1.82) is 0 Å². The van der Waals surface area contributed by atoms with E-state index >= 15 is 0 Å². The van der Waals surface area contributed by atoms with Crippen LogP contribution >= 0.6 is 0 Å². The Bertz CT molecular complexity index is 1250. The maximum atomic E-state index is 13.3. The zero-order chi connectivity index (χ0) is 26.7. The molecule has 5 rings (SSSR count). The van der Waals surface area contributed by atoms with Crippen LogP contribution < -0.4 is 15.4 Å². The molecule has 0 radical (unpaired) electrons. The molecule has 1 aromatic heterocycles. The standard InChI is InChI=1S/C29H37N5O4/c1-20-26(31-28(36)30-25-22-11-7-8-12-23(22)29(2,3)19-24(25)35)34(21-9-5-4-6-10-21)32-27(20)38-18-15-33-13-16-37-17-14-33/h4-12,24-25,35H,13-19H2,1-3H3,(H2,30,31,36). The Labute approximate surface area is 223 Å². The molecule has 2 amide bonds. The summed E-state index contributed by atoms with van der Waals surface area (Å²) in [6, 6.07) is 16.7. The summed E-state index contributed by atoms with van der Waals surface area (Å²) in [4.78, 5) is 15.6. The molecule has 9 nitrogen and oxygen atoms in total. The zero-order valence-electron chi connectivity index (χ0n) is 22.3. The number of aliphatic hydroxyl groups excluding tert-OH is 1. The lowest BCUT2D eigenvalue weighted by Crippen LogP contribution is -2.45. The van der Waals surface area contributed by atoms with Crippen molar-refractivity contribution in [2.45, 2.75) is 44.8 Å². The number of hydrogen-bond acceptors (Lipinski definition) is 6. The van der Waals surface area contributed by atoms with E-state index in [-0.39, 0.29) is 5.41 Å². The number of urea groups is 1. The molecule has 3 aromatic rings. The number of carbonyl (C=O) groups is 1. The van der Waals surface area contributed by atoms with Gasteiger partial charge in [0.15, 0.2) is 0 Å². The summed E-state index contributed by atoms with van der Waals surface area (Å²) in [6.45, 7) is 10.6. The van der Waals surface area contributed by atoms with Gasteiger partial charge in [-0.3, -0.25) is 10.2 Å². The van der Waals surface area contributed by atoms with Crippen LogP contribution in [0, 0.1) is 6.92 Å². The molecule has 202 valence electrons. The second-order valence-corrected chi connectivity index (χ2v) is 10.6. The van der Waals surface area contributed by atoms with E-state index in [1.165, 1.54) is 0 Å². The lowest BCUT2D eigenvalue weighted by atomic mass is 9.70. The van der Waals surface area contributed by atoms with E-state index in [9.17, 15) is 9.90 Å². The lowest BCUT2D eigenvalue weighted by molar-refractivity contribution is 0.0319.